The van der Waals surface area contributed by atoms with Crippen LogP contribution in [0.5, 0.6) is 11.5 Å². The van der Waals surface area contributed by atoms with Gasteiger partial charge in [-0.1, -0.05) is 11.6 Å². The maximum absolute atomic E-state index is 11.5. The van der Waals surface area contributed by atoms with Crippen LogP contribution in [0.3, 0.4) is 0 Å². The van der Waals surface area contributed by atoms with Gasteiger partial charge in [-0.25, -0.2) is 0 Å². The molecule has 0 aromatic heterocycles. The summed E-state index contributed by atoms with van der Waals surface area (Å²) in [7, 11) is 2.97. The standard InChI is InChI=1S/C11H13Cl2NO3/c1-6(12)11(15)14-8-5-9(16-2)7(13)4-10(8)17-3/h4-6H,1-3H3,(H,14,15)/t6-/m0/s1. The van der Waals surface area contributed by atoms with Crippen molar-refractivity contribution < 1.29 is 14.3 Å². The van der Waals surface area contributed by atoms with Crippen LogP contribution in [0.4, 0.5) is 5.69 Å². The van der Waals surface area contributed by atoms with E-state index in [0.717, 1.165) is 0 Å². The summed E-state index contributed by atoms with van der Waals surface area (Å²) in [5.41, 5.74) is 0.464. The molecule has 1 N–H and O–H groups in total. The molecule has 1 aromatic carbocycles. The van der Waals surface area contributed by atoms with Crippen molar-refractivity contribution in [1.29, 1.82) is 0 Å². The fourth-order valence-electron chi connectivity index (χ4n) is 1.19. The fourth-order valence-corrected chi connectivity index (χ4v) is 1.48. The van der Waals surface area contributed by atoms with Gasteiger partial charge in [-0.05, 0) is 6.92 Å². The van der Waals surface area contributed by atoms with E-state index in [4.69, 9.17) is 32.7 Å². The average molecular weight is 278 g/mol. The smallest absolute Gasteiger partial charge is 0.242 e. The molecule has 1 amide bonds. The van der Waals surface area contributed by atoms with Gasteiger partial charge in [0.1, 0.15) is 16.9 Å². The van der Waals surface area contributed by atoms with Crippen molar-refractivity contribution in [3.8, 4) is 11.5 Å². The van der Waals surface area contributed by atoms with Crippen LogP contribution in [0.2, 0.25) is 5.02 Å². The molecule has 94 valence electrons. The second-order valence-corrected chi connectivity index (χ2v) is 4.35. The molecule has 0 saturated heterocycles. The third-order valence-electron chi connectivity index (χ3n) is 2.09. The molecule has 0 heterocycles. The summed E-state index contributed by atoms with van der Waals surface area (Å²) in [5.74, 6) is 0.570. The lowest BCUT2D eigenvalue weighted by Crippen LogP contribution is -2.20. The number of alkyl halides is 1. The highest BCUT2D eigenvalue weighted by atomic mass is 35.5. The van der Waals surface area contributed by atoms with Crippen LogP contribution >= 0.6 is 23.2 Å². The van der Waals surface area contributed by atoms with Crippen molar-refractivity contribution >= 4 is 34.8 Å². The van der Waals surface area contributed by atoms with Gasteiger partial charge in [-0.2, -0.15) is 0 Å². The molecule has 0 radical (unpaired) electrons. The molecule has 1 rings (SSSR count). The molecule has 1 aromatic rings. The van der Waals surface area contributed by atoms with E-state index in [9.17, 15) is 4.79 Å². The second kappa shape index (κ2) is 5.98. The van der Waals surface area contributed by atoms with Gasteiger partial charge in [0, 0.05) is 12.1 Å². The van der Waals surface area contributed by atoms with Crippen LogP contribution in [0.25, 0.3) is 0 Å². The van der Waals surface area contributed by atoms with Crippen LogP contribution in [-0.2, 0) is 4.79 Å². The van der Waals surface area contributed by atoms with Gasteiger partial charge in [-0.15, -0.1) is 11.6 Å². The number of rotatable bonds is 4. The van der Waals surface area contributed by atoms with E-state index in [1.165, 1.54) is 14.2 Å². The number of anilines is 1. The van der Waals surface area contributed by atoms with Crippen molar-refractivity contribution in [3.05, 3.63) is 17.2 Å². The zero-order valence-corrected chi connectivity index (χ0v) is 11.2. The summed E-state index contributed by atoms with van der Waals surface area (Å²) in [4.78, 5) is 11.5. The van der Waals surface area contributed by atoms with E-state index in [0.29, 0.717) is 22.2 Å². The van der Waals surface area contributed by atoms with E-state index < -0.39 is 5.38 Å². The summed E-state index contributed by atoms with van der Waals surface area (Å²) in [6, 6.07) is 3.15. The Morgan fingerprint density at radius 2 is 1.88 bits per heavy atom. The average Bonchev–Trinajstić information content (AvgIpc) is 2.30. The van der Waals surface area contributed by atoms with Crippen LogP contribution < -0.4 is 14.8 Å². The van der Waals surface area contributed by atoms with Crippen molar-refractivity contribution in [2.75, 3.05) is 19.5 Å². The molecule has 0 fully saturated rings. The summed E-state index contributed by atoms with van der Waals surface area (Å²) >= 11 is 11.6. The predicted molar refractivity (Wildman–Crippen MR) is 68.5 cm³/mol. The molecule has 17 heavy (non-hydrogen) atoms. The number of amides is 1. The first kappa shape index (κ1) is 13.9. The quantitative estimate of drug-likeness (QED) is 0.861. The Balaban J connectivity index is 3.08. The van der Waals surface area contributed by atoms with E-state index >= 15 is 0 Å². The topological polar surface area (TPSA) is 47.6 Å². The minimum absolute atomic E-state index is 0.325. The van der Waals surface area contributed by atoms with Gasteiger partial charge in [0.25, 0.3) is 0 Å². The highest BCUT2D eigenvalue weighted by molar-refractivity contribution is 6.33. The lowest BCUT2D eigenvalue weighted by molar-refractivity contribution is -0.115. The molecule has 0 spiro atoms. The number of ether oxygens (including phenoxy) is 2. The van der Waals surface area contributed by atoms with Gasteiger partial charge < -0.3 is 14.8 Å². The Labute approximate surface area is 110 Å². The van der Waals surface area contributed by atoms with Crippen molar-refractivity contribution in [1.82, 2.24) is 0 Å². The normalized spacial score (nSPS) is 11.8. The SMILES string of the molecule is COc1cc(NC(=O)[C@H](C)Cl)c(OC)cc1Cl. The number of hydrogen-bond donors (Lipinski definition) is 1. The number of benzene rings is 1. The van der Waals surface area contributed by atoms with Gasteiger partial charge in [0.15, 0.2) is 0 Å². The number of carbonyl (C=O) groups excluding carboxylic acids is 1. The van der Waals surface area contributed by atoms with Gasteiger partial charge in [0.2, 0.25) is 5.91 Å². The van der Waals surface area contributed by atoms with Gasteiger partial charge >= 0.3 is 0 Å². The Hall–Kier alpha value is -1.13. The predicted octanol–water partition coefficient (Wildman–Crippen LogP) is 2.92. The van der Waals surface area contributed by atoms with Crippen LogP contribution in [0.15, 0.2) is 12.1 Å². The van der Waals surface area contributed by atoms with E-state index in [1.807, 2.05) is 0 Å². The van der Waals surface area contributed by atoms with Gasteiger partial charge in [0.05, 0.1) is 24.9 Å². The highest BCUT2D eigenvalue weighted by Crippen LogP contribution is 2.35. The largest absolute Gasteiger partial charge is 0.495 e. The Morgan fingerprint density at radius 1 is 1.29 bits per heavy atom. The Bertz CT molecular complexity index is 421. The lowest BCUT2D eigenvalue weighted by Gasteiger charge is -2.13. The second-order valence-electron chi connectivity index (χ2n) is 3.29. The minimum atomic E-state index is -0.638. The Kier molecular flexibility index (Phi) is 4.90. The third-order valence-corrected chi connectivity index (χ3v) is 2.59. The summed E-state index contributed by atoms with van der Waals surface area (Å²) in [5, 5.41) is 2.39. The van der Waals surface area contributed by atoms with E-state index in [1.54, 1.807) is 19.1 Å². The number of carbonyl (C=O) groups is 1. The molecule has 0 aliphatic rings. The third kappa shape index (κ3) is 3.41. The lowest BCUT2D eigenvalue weighted by atomic mass is 10.2. The first-order valence-electron chi connectivity index (χ1n) is 4.86. The zero-order valence-electron chi connectivity index (χ0n) is 9.71. The molecule has 0 saturated carbocycles. The number of nitrogens with one attached hydrogen (secondary N) is 1. The first-order chi connectivity index (χ1) is 7.99. The van der Waals surface area contributed by atoms with Crippen molar-refractivity contribution in [3.63, 3.8) is 0 Å². The number of methoxy groups -OCH3 is 2. The van der Waals surface area contributed by atoms with Crippen LogP contribution in [0, 0.1) is 0 Å². The summed E-state index contributed by atoms with van der Waals surface area (Å²) < 4.78 is 10.2. The summed E-state index contributed by atoms with van der Waals surface area (Å²) in [6.07, 6.45) is 0. The van der Waals surface area contributed by atoms with Crippen molar-refractivity contribution in [2.45, 2.75) is 12.3 Å². The maximum Gasteiger partial charge on any atom is 0.242 e. The summed E-state index contributed by atoms with van der Waals surface area (Å²) in [6.45, 7) is 1.58. The minimum Gasteiger partial charge on any atom is -0.495 e. The van der Waals surface area contributed by atoms with Crippen LogP contribution in [-0.4, -0.2) is 25.5 Å². The molecule has 0 aliphatic carbocycles. The maximum atomic E-state index is 11.5. The highest BCUT2D eigenvalue weighted by Gasteiger charge is 2.15. The Morgan fingerprint density at radius 3 is 2.35 bits per heavy atom. The van der Waals surface area contributed by atoms with Crippen LogP contribution in [0.1, 0.15) is 6.92 Å². The molecular formula is C11H13Cl2NO3. The molecule has 0 aliphatic heterocycles. The molecule has 1 atom stereocenters. The van der Waals surface area contributed by atoms with Crippen molar-refractivity contribution in [2.24, 2.45) is 0 Å². The monoisotopic (exact) mass is 277 g/mol. The number of hydrogen-bond acceptors (Lipinski definition) is 3. The molecule has 4 nitrogen and oxygen atoms in total. The fraction of sp³-hybridized carbons (Fsp3) is 0.364. The van der Waals surface area contributed by atoms with Gasteiger partial charge in [-0.3, -0.25) is 4.79 Å². The number of halogens is 2. The first-order valence-corrected chi connectivity index (χ1v) is 5.67. The molecule has 6 heteroatoms. The van der Waals surface area contributed by atoms with E-state index in [-0.39, 0.29) is 5.91 Å². The zero-order chi connectivity index (χ0) is 13.0. The molecule has 0 bridgehead atoms. The molecular weight excluding hydrogens is 265 g/mol. The molecule has 0 unspecified atom stereocenters. The van der Waals surface area contributed by atoms with E-state index in [2.05, 4.69) is 5.32 Å².